The molecule has 0 bridgehead atoms. The lowest BCUT2D eigenvalue weighted by molar-refractivity contribution is 0.341. The number of hydrogen-bond donors (Lipinski definition) is 1. The lowest BCUT2D eigenvalue weighted by Gasteiger charge is -2.25. The summed E-state index contributed by atoms with van der Waals surface area (Å²) in [6.07, 6.45) is 11.2. The Morgan fingerprint density at radius 1 is 1.44 bits per heavy atom. The second-order valence-electron chi connectivity index (χ2n) is 4.97. The van der Waals surface area contributed by atoms with Crippen LogP contribution in [-0.2, 0) is 0 Å². The summed E-state index contributed by atoms with van der Waals surface area (Å²) in [5, 5.41) is 3.58. The molecule has 0 aromatic carbocycles. The van der Waals surface area contributed by atoms with Crippen molar-refractivity contribution in [2.75, 3.05) is 6.54 Å². The first-order valence-corrected chi connectivity index (χ1v) is 6.54. The first kappa shape index (κ1) is 11.5. The van der Waals surface area contributed by atoms with Crippen LogP contribution in [0.25, 0.3) is 5.57 Å². The number of nitrogens with zero attached hydrogens (tertiary/aromatic N) is 1. The van der Waals surface area contributed by atoms with E-state index in [9.17, 15) is 0 Å². The summed E-state index contributed by atoms with van der Waals surface area (Å²) in [5.41, 5.74) is 2.56. The van der Waals surface area contributed by atoms with Crippen molar-refractivity contribution in [2.24, 2.45) is 5.92 Å². The highest BCUT2D eigenvalue weighted by atomic mass is 16.5. The molecule has 2 atom stereocenters. The third-order valence-corrected chi connectivity index (χ3v) is 3.81. The largest absolute Gasteiger partial charge is 0.464 e. The number of piperidine rings is 1. The summed E-state index contributed by atoms with van der Waals surface area (Å²) in [6.45, 7) is 4.71. The number of fused-ring (bicyclic) bond motifs is 1. The zero-order valence-electron chi connectivity index (χ0n) is 10.4. The van der Waals surface area contributed by atoms with Gasteiger partial charge < -0.3 is 10.1 Å². The van der Waals surface area contributed by atoms with Crippen LogP contribution in [0.15, 0.2) is 37.4 Å². The van der Waals surface area contributed by atoms with E-state index in [0.29, 0.717) is 6.04 Å². The van der Waals surface area contributed by atoms with Crippen molar-refractivity contribution < 1.29 is 4.74 Å². The van der Waals surface area contributed by atoms with Gasteiger partial charge in [-0.05, 0) is 48.9 Å². The summed E-state index contributed by atoms with van der Waals surface area (Å²) in [7, 11) is 0. The molecule has 3 rings (SSSR count). The maximum atomic E-state index is 5.28. The van der Waals surface area contributed by atoms with Gasteiger partial charge in [0.25, 0.3) is 0 Å². The van der Waals surface area contributed by atoms with Crippen LogP contribution in [0, 0.1) is 5.92 Å². The first-order chi connectivity index (χ1) is 8.86. The lowest BCUT2D eigenvalue weighted by atomic mass is 9.92. The van der Waals surface area contributed by atoms with E-state index in [1.807, 2.05) is 12.3 Å². The van der Waals surface area contributed by atoms with Gasteiger partial charge >= 0.3 is 0 Å². The van der Waals surface area contributed by atoms with E-state index >= 15 is 0 Å². The molecule has 1 aliphatic carbocycles. The summed E-state index contributed by atoms with van der Waals surface area (Å²) >= 11 is 0. The Labute approximate surface area is 108 Å². The molecular formula is C15H18N2O. The maximum absolute atomic E-state index is 5.28. The molecule has 94 valence electrons. The van der Waals surface area contributed by atoms with Gasteiger partial charge in [-0.1, -0.05) is 12.7 Å². The topological polar surface area (TPSA) is 34.1 Å². The number of allylic oxidation sites excluding steroid dienone is 1. The second-order valence-corrected chi connectivity index (χ2v) is 4.97. The highest BCUT2D eigenvalue weighted by Crippen LogP contribution is 2.37. The minimum atomic E-state index is 0.553. The Balaban J connectivity index is 1.82. The van der Waals surface area contributed by atoms with Crippen molar-refractivity contribution in [1.82, 2.24) is 10.3 Å². The van der Waals surface area contributed by atoms with Crippen molar-refractivity contribution in [3.63, 3.8) is 0 Å². The molecule has 0 amide bonds. The van der Waals surface area contributed by atoms with Gasteiger partial charge in [0.05, 0.1) is 12.5 Å². The van der Waals surface area contributed by atoms with Crippen LogP contribution in [-0.4, -0.2) is 17.6 Å². The number of pyridine rings is 1. The van der Waals surface area contributed by atoms with E-state index in [2.05, 4.69) is 23.0 Å². The van der Waals surface area contributed by atoms with Gasteiger partial charge in [0, 0.05) is 12.2 Å². The van der Waals surface area contributed by atoms with Gasteiger partial charge in [0.15, 0.2) is 0 Å². The van der Waals surface area contributed by atoms with Crippen molar-refractivity contribution in [2.45, 2.75) is 25.3 Å². The summed E-state index contributed by atoms with van der Waals surface area (Å²) in [6, 6.07) is 2.59. The standard InChI is InChI=1S/C15H18N2O/c1-2-18-14-7-13(9-16-10-14)12-6-11-4-3-5-17-15(11)8-12/h2,7-11,15,17H,1,3-6H2. The minimum absolute atomic E-state index is 0.553. The predicted molar refractivity (Wildman–Crippen MR) is 72.2 cm³/mol. The van der Waals surface area contributed by atoms with Crippen LogP contribution in [0.2, 0.25) is 0 Å². The molecule has 2 heterocycles. The Bertz CT molecular complexity index is 481. The van der Waals surface area contributed by atoms with Crippen LogP contribution in [0.3, 0.4) is 0 Å². The molecule has 1 aromatic rings. The van der Waals surface area contributed by atoms with Crippen molar-refractivity contribution in [3.05, 3.63) is 42.9 Å². The van der Waals surface area contributed by atoms with Crippen molar-refractivity contribution in [1.29, 1.82) is 0 Å². The van der Waals surface area contributed by atoms with E-state index < -0.39 is 0 Å². The smallest absolute Gasteiger partial charge is 0.145 e. The molecule has 1 saturated heterocycles. The number of ether oxygens (including phenoxy) is 1. The van der Waals surface area contributed by atoms with Crippen LogP contribution in [0.4, 0.5) is 0 Å². The Morgan fingerprint density at radius 2 is 2.39 bits per heavy atom. The van der Waals surface area contributed by atoms with Crippen molar-refractivity contribution >= 4 is 5.57 Å². The lowest BCUT2D eigenvalue weighted by Crippen LogP contribution is -2.37. The minimum Gasteiger partial charge on any atom is -0.464 e. The Morgan fingerprint density at radius 3 is 3.22 bits per heavy atom. The zero-order valence-corrected chi connectivity index (χ0v) is 10.4. The Hall–Kier alpha value is -1.61. The molecule has 1 N–H and O–H groups in total. The van der Waals surface area contributed by atoms with Gasteiger partial charge in [-0.25, -0.2) is 0 Å². The number of rotatable bonds is 3. The normalized spacial score (nSPS) is 26.3. The molecule has 1 fully saturated rings. The summed E-state index contributed by atoms with van der Waals surface area (Å²) < 4.78 is 5.28. The fraction of sp³-hybridized carbons (Fsp3) is 0.400. The monoisotopic (exact) mass is 242 g/mol. The fourth-order valence-electron chi connectivity index (χ4n) is 2.94. The van der Waals surface area contributed by atoms with Crippen molar-refractivity contribution in [3.8, 4) is 5.75 Å². The van der Waals surface area contributed by atoms with E-state index in [1.54, 1.807) is 6.20 Å². The van der Waals surface area contributed by atoms with E-state index in [1.165, 1.54) is 30.2 Å². The molecule has 1 aliphatic heterocycles. The average Bonchev–Trinajstić information content (AvgIpc) is 2.83. The molecule has 2 unspecified atom stereocenters. The summed E-state index contributed by atoms with van der Waals surface area (Å²) in [5.74, 6) is 1.52. The molecule has 1 aromatic heterocycles. The van der Waals surface area contributed by atoms with Crippen LogP contribution < -0.4 is 10.1 Å². The van der Waals surface area contributed by atoms with Crippen LogP contribution in [0.1, 0.15) is 24.8 Å². The highest BCUT2D eigenvalue weighted by molar-refractivity contribution is 5.69. The van der Waals surface area contributed by atoms with Gasteiger partial charge in [0.1, 0.15) is 5.75 Å². The number of nitrogens with one attached hydrogen (secondary N) is 1. The predicted octanol–water partition coefficient (Wildman–Crippen LogP) is 2.76. The summed E-state index contributed by atoms with van der Waals surface area (Å²) in [4.78, 5) is 4.23. The van der Waals surface area contributed by atoms with Gasteiger partial charge in [0.2, 0.25) is 0 Å². The SMILES string of the molecule is C=COc1cncc(C2=CC3NCCCC3C2)c1. The van der Waals surface area contributed by atoms with Crippen LogP contribution in [0.5, 0.6) is 5.75 Å². The molecule has 3 nitrogen and oxygen atoms in total. The third-order valence-electron chi connectivity index (χ3n) is 3.81. The number of hydrogen-bond acceptors (Lipinski definition) is 3. The van der Waals surface area contributed by atoms with E-state index in [4.69, 9.17) is 4.74 Å². The molecule has 0 saturated carbocycles. The van der Waals surface area contributed by atoms with E-state index in [-0.39, 0.29) is 0 Å². The van der Waals surface area contributed by atoms with E-state index in [0.717, 1.165) is 24.6 Å². The van der Waals surface area contributed by atoms with Gasteiger partial charge in [-0.2, -0.15) is 0 Å². The second kappa shape index (κ2) is 4.94. The van der Waals surface area contributed by atoms with Gasteiger partial charge in [-0.3, -0.25) is 4.98 Å². The third kappa shape index (κ3) is 2.18. The highest BCUT2D eigenvalue weighted by Gasteiger charge is 2.29. The molecular weight excluding hydrogens is 224 g/mol. The molecule has 0 radical (unpaired) electrons. The quantitative estimate of drug-likeness (QED) is 0.828. The molecule has 18 heavy (non-hydrogen) atoms. The molecule has 3 heteroatoms. The average molecular weight is 242 g/mol. The zero-order chi connectivity index (χ0) is 12.4. The first-order valence-electron chi connectivity index (χ1n) is 6.54. The molecule has 2 aliphatic rings. The fourth-order valence-corrected chi connectivity index (χ4v) is 2.94. The molecule has 0 spiro atoms. The van der Waals surface area contributed by atoms with Gasteiger partial charge in [-0.15, -0.1) is 0 Å². The number of aromatic nitrogens is 1. The maximum Gasteiger partial charge on any atom is 0.145 e. The van der Waals surface area contributed by atoms with Crippen LogP contribution >= 0.6 is 0 Å². The Kier molecular flexibility index (Phi) is 3.15.